The second-order valence-corrected chi connectivity index (χ2v) is 13.3. The van der Waals surface area contributed by atoms with Crippen LogP contribution in [0.1, 0.15) is 0 Å². The van der Waals surface area contributed by atoms with E-state index in [-0.39, 0.29) is 6.71 Å². The molecule has 7 aromatic carbocycles. The van der Waals surface area contributed by atoms with Crippen molar-refractivity contribution in [2.75, 3.05) is 4.90 Å². The van der Waals surface area contributed by atoms with Gasteiger partial charge in [-0.3, -0.25) is 0 Å². The van der Waals surface area contributed by atoms with Gasteiger partial charge in [0.25, 0.3) is 6.71 Å². The molecule has 5 heteroatoms. The number of rotatable bonds is 2. The first kappa shape index (κ1) is 25.6. The lowest BCUT2D eigenvalue weighted by atomic mass is 9.36. The minimum Gasteiger partial charge on any atom is -0.468 e. The third kappa shape index (κ3) is 3.15. The van der Waals surface area contributed by atoms with Crippen molar-refractivity contribution in [3.8, 4) is 11.4 Å². The van der Waals surface area contributed by atoms with Gasteiger partial charge in [0.2, 0.25) is 0 Å². The lowest BCUT2D eigenvalue weighted by molar-refractivity contribution is 0.651. The van der Waals surface area contributed by atoms with Crippen molar-refractivity contribution in [2.45, 2.75) is 0 Å². The fourth-order valence-electron chi connectivity index (χ4n) is 8.99. The Morgan fingerprint density at radius 3 is 1.92 bits per heavy atom. The molecule has 0 bridgehead atoms. The molecular formula is C44H26BN3O. The van der Waals surface area contributed by atoms with E-state index in [1.807, 2.05) is 0 Å². The highest BCUT2D eigenvalue weighted by atomic mass is 16.3. The van der Waals surface area contributed by atoms with Gasteiger partial charge in [-0.15, -0.1) is 0 Å². The molecule has 4 nitrogen and oxygen atoms in total. The average molecular weight is 624 g/mol. The zero-order chi connectivity index (χ0) is 31.8. The van der Waals surface area contributed by atoms with Gasteiger partial charge in [0, 0.05) is 55.2 Å². The normalized spacial score (nSPS) is 13.2. The van der Waals surface area contributed by atoms with Crippen LogP contribution in [0.3, 0.4) is 0 Å². The molecule has 2 aliphatic heterocycles. The van der Waals surface area contributed by atoms with Gasteiger partial charge >= 0.3 is 0 Å². The smallest absolute Gasteiger partial charge is 0.297 e. The molecule has 0 unspecified atom stereocenters. The Kier molecular flexibility index (Phi) is 4.77. The topological polar surface area (TPSA) is 26.2 Å². The summed E-state index contributed by atoms with van der Waals surface area (Å²) in [6.07, 6.45) is 0. The van der Waals surface area contributed by atoms with Crippen molar-refractivity contribution >= 4 is 94.9 Å². The summed E-state index contributed by atoms with van der Waals surface area (Å²) in [4.78, 5) is 2.42. The van der Waals surface area contributed by atoms with Gasteiger partial charge in [-0.05, 0) is 77.7 Å². The Balaban J connectivity index is 1.25. The molecule has 0 N–H and O–H groups in total. The summed E-state index contributed by atoms with van der Waals surface area (Å²) in [7, 11) is 0. The molecule has 0 spiro atoms. The molecule has 0 radical (unpaired) electrons. The van der Waals surface area contributed by atoms with Crippen LogP contribution in [0.4, 0.5) is 17.1 Å². The molecule has 226 valence electrons. The Morgan fingerprint density at radius 2 is 1.08 bits per heavy atom. The van der Waals surface area contributed by atoms with Gasteiger partial charge < -0.3 is 18.5 Å². The molecule has 0 aliphatic carbocycles. The lowest BCUT2D eigenvalue weighted by Crippen LogP contribution is -2.59. The predicted octanol–water partition coefficient (Wildman–Crippen LogP) is 9.24. The molecule has 0 fully saturated rings. The number of fused-ring (bicyclic) bond motifs is 12. The van der Waals surface area contributed by atoms with Crippen LogP contribution in [-0.2, 0) is 0 Å². The standard InChI is InChI=1S/C44H26BN3O/c1-3-13-27(14-4-1)46-35-21-9-7-17-29(35)32-25-39-33(26-38(32)46)30-19-11-20-34-42(30)48(39)37-23-12-22-36-41(37)45(34)44-43(31-18-8-10-24-40(31)49-44)47(36)28-15-5-2-6-16-28/h1-26H. The van der Waals surface area contributed by atoms with Crippen LogP contribution >= 0.6 is 0 Å². The van der Waals surface area contributed by atoms with Gasteiger partial charge in [0.05, 0.1) is 27.9 Å². The molecule has 5 heterocycles. The molecule has 12 rings (SSSR count). The Morgan fingerprint density at radius 1 is 0.449 bits per heavy atom. The second kappa shape index (κ2) is 9.12. The number of hydrogen-bond acceptors (Lipinski definition) is 2. The van der Waals surface area contributed by atoms with Gasteiger partial charge in [0.15, 0.2) is 0 Å². The number of nitrogens with zero attached hydrogens (tertiary/aromatic N) is 3. The number of furan rings is 1. The van der Waals surface area contributed by atoms with Gasteiger partial charge in [-0.2, -0.15) is 0 Å². The van der Waals surface area contributed by atoms with E-state index in [1.165, 1.54) is 71.6 Å². The van der Waals surface area contributed by atoms with Crippen molar-refractivity contribution in [2.24, 2.45) is 0 Å². The Labute approximate surface area is 281 Å². The minimum atomic E-state index is -0.0394. The fraction of sp³-hybridized carbons (Fsp3) is 0. The lowest BCUT2D eigenvalue weighted by Gasteiger charge is -2.37. The van der Waals surface area contributed by atoms with Crippen LogP contribution in [0.2, 0.25) is 0 Å². The molecule has 0 saturated heterocycles. The zero-order valence-electron chi connectivity index (χ0n) is 26.3. The SMILES string of the molecule is c1ccc(N2c3cccc4c3B(c3oc5ccccc5c32)c2cccc3c5cc6c(cc5n-4c23)c2ccccc2n6-c2ccccc2)cc1. The first-order chi connectivity index (χ1) is 24.3. The molecular weight excluding hydrogens is 597 g/mol. The molecule has 0 saturated carbocycles. The molecule has 3 aromatic heterocycles. The molecule has 2 aliphatic rings. The van der Waals surface area contributed by atoms with Crippen molar-refractivity contribution < 1.29 is 4.42 Å². The van der Waals surface area contributed by atoms with Crippen LogP contribution in [0.25, 0.3) is 66.0 Å². The summed E-state index contributed by atoms with van der Waals surface area (Å²) in [6.45, 7) is -0.0394. The average Bonchev–Trinajstić information content (AvgIpc) is 3.81. The van der Waals surface area contributed by atoms with E-state index >= 15 is 0 Å². The van der Waals surface area contributed by atoms with E-state index in [2.05, 4.69) is 172 Å². The number of hydrogen-bond donors (Lipinski definition) is 0. The van der Waals surface area contributed by atoms with Crippen molar-refractivity contribution in [1.29, 1.82) is 0 Å². The van der Waals surface area contributed by atoms with E-state index in [0.717, 1.165) is 28.0 Å². The zero-order valence-corrected chi connectivity index (χ0v) is 26.3. The van der Waals surface area contributed by atoms with Crippen LogP contribution in [0.5, 0.6) is 0 Å². The minimum absolute atomic E-state index is 0.0394. The Bertz CT molecular complexity index is 3010. The molecule has 49 heavy (non-hydrogen) atoms. The maximum Gasteiger partial charge on any atom is 0.297 e. The molecule has 0 atom stereocenters. The number of para-hydroxylation sites is 5. The highest BCUT2D eigenvalue weighted by molar-refractivity contribution is 6.99. The van der Waals surface area contributed by atoms with Crippen LogP contribution in [-0.4, -0.2) is 15.8 Å². The van der Waals surface area contributed by atoms with E-state index in [1.54, 1.807) is 0 Å². The van der Waals surface area contributed by atoms with Gasteiger partial charge in [-0.1, -0.05) is 91.0 Å². The van der Waals surface area contributed by atoms with Crippen molar-refractivity contribution in [3.63, 3.8) is 0 Å². The van der Waals surface area contributed by atoms with E-state index in [4.69, 9.17) is 4.42 Å². The Hall–Kier alpha value is -6.46. The van der Waals surface area contributed by atoms with E-state index in [9.17, 15) is 0 Å². The van der Waals surface area contributed by atoms with Crippen molar-refractivity contribution in [3.05, 3.63) is 158 Å². The monoisotopic (exact) mass is 623 g/mol. The second-order valence-electron chi connectivity index (χ2n) is 13.3. The van der Waals surface area contributed by atoms with E-state index in [0.29, 0.717) is 0 Å². The molecule has 0 amide bonds. The van der Waals surface area contributed by atoms with Crippen LogP contribution < -0.4 is 21.5 Å². The highest BCUT2D eigenvalue weighted by Crippen LogP contribution is 2.45. The maximum absolute atomic E-state index is 6.92. The third-order valence-electron chi connectivity index (χ3n) is 10.9. The summed E-state index contributed by atoms with van der Waals surface area (Å²) < 4.78 is 11.9. The highest BCUT2D eigenvalue weighted by Gasteiger charge is 2.45. The largest absolute Gasteiger partial charge is 0.468 e. The third-order valence-corrected chi connectivity index (χ3v) is 10.9. The first-order valence-electron chi connectivity index (χ1n) is 16.9. The quantitative estimate of drug-likeness (QED) is 0.180. The summed E-state index contributed by atoms with van der Waals surface area (Å²) >= 11 is 0. The van der Waals surface area contributed by atoms with Gasteiger partial charge in [-0.25, -0.2) is 0 Å². The van der Waals surface area contributed by atoms with Crippen LogP contribution in [0, 0.1) is 0 Å². The maximum atomic E-state index is 6.92. The molecule has 10 aromatic rings. The summed E-state index contributed by atoms with van der Waals surface area (Å²) in [5.74, 6) is 0. The first-order valence-corrected chi connectivity index (χ1v) is 16.9. The van der Waals surface area contributed by atoms with Gasteiger partial charge in [0.1, 0.15) is 5.58 Å². The predicted molar refractivity (Wildman–Crippen MR) is 204 cm³/mol. The number of aromatic nitrogens is 2. The number of anilines is 3. The van der Waals surface area contributed by atoms with Crippen molar-refractivity contribution in [1.82, 2.24) is 9.13 Å². The fourth-order valence-corrected chi connectivity index (χ4v) is 8.99. The summed E-state index contributed by atoms with van der Waals surface area (Å²) in [6, 6.07) is 57.2. The number of benzene rings is 7. The van der Waals surface area contributed by atoms with E-state index < -0.39 is 0 Å². The summed E-state index contributed by atoms with van der Waals surface area (Å²) in [5.41, 5.74) is 15.2. The van der Waals surface area contributed by atoms with Crippen LogP contribution in [0.15, 0.2) is 162 Å². The summed E-state index contributed by atoms with van der Waals surface area (Å²) in [5, 5.41) is 6.16.